The van der Waals surface area contributed by atoms with Gasteiger partial charge in [-0.05, 0) is 41.2 Å². The highest BCUT2D eigenvalue weighted by molar-refractivity contribution is 5.92. The van der Waals surface area contributed by atoms with Crippen LogP contribution in [0.2, 0.25) is 0 Å². The minimum Gasteiger partial charge on any atom is -0.295 e. The molecule has 0 aliphatic heterocycles. The molecule has 2 heteroatoms. The summed E-state index contributed by atoms with van der Waals surface area (Å²) in [5.41, 5.74) is 1.85. The van der Waals surface area contributed by atoms with Crippen LogP contribution < -0.4 is 0 Å². The van der Waals surface area contributed by atoms with Gasteiger partial charge in [-0.25, -0.2) is 4.39 Å². The number of hydrogen-bond acceptors (Lipinski definition) is 1. The Kier molecular flexibility index (Phi) is 3.46. The van der Waals surface area contributed by atoms with E-state index in [1.807, 2.05) is 18.2 Å². The van der Waals surface area contributed by atoms with E-state index in [0.29, 0.717) is 6.42 Å². The number of carbonyl (C=O) groups is 1. The van der Waals surface area contributed by atoms with Gasteiger partial charge in [0, 0.05) is 6.42 Å². The largest absolute Gasteiger partial charge is 0.295 e. The summed E-state index contributed by atoms with van der Waals surface area (Å²) in [7, 11) is 0. The number of rotatable bonds is 2. The third kappa shape index (κ3) is 3.39. The molecule has 0 amide bonds. The van der Waals surface area contributed by atoms with Crippen LogP contribution in [-0.4, -0.2) is 5.78 Å². The zero-order valence-corrected chi connectivity index (χ0v) is 10.7. The van der Waals surface area contributed by atoms with Crippen molar-refractivity contribution in [2.24, 2.45) is 5.41 Å². The molecule has 0 saturated carbocycles. The Morgan fingerprint density at radius 1 is 1.22 bits per heavy atom. The Bertz CT molecular complexity index is 524. The maximum atomic E-state index is 13.0. The van der Waals surface area contributed by atoms with Crippen LogP contribution >= 0.6 is 0 Å². The van der Waals surface area contributed by atoms with E-state index in [1.54, 1.807) is 12.1 Å². The Morgan fingerprint density at radius 3 is 2.67 bits per heavy atom. The van der Waals surface area contributed by atoms with Crippen molar-refractivity contribution in [2.45, 2.75) is 26.7 Å². The van der Waals surface area contributed by atoms with Crippen molar-refractivity contribution < 1.29 is 9.18 Å². The standard InChI is InChI=1S/C16H17FO/c1-16(2)10-13(9-15(18)11-16)7-6-12-4-3-5-14(17)8-12/h3-9H,10-11H2,1-2H3/b7-6+. The molecule has 1 aromatic carbocycles. The summed E-state index contributed by atoms with van der Waals surface area (Å²) in [6.45, 7) is 4.18. The molecule has 0 unspecified atom stereocenters. The summed E-state index contributed by atoms with van der Waals surface area (Å²) in [5.74, 6) is -0.0728. The summed E-state index contributed by atoms with van der Waals surface area (Å²) in [5, 5.41) is 0. The molecule has 0 aromatic heterocycles. The maximum absolute atomic E-state index is 13.0. The second kappa shape index (κ2) is 4.89. The van der Waals surface area contributed by atoms with E-state index >= 15 is 0 Å². The lowest BCUT2D eigenvalue weighted by Crippen LogP contribution is -2.21. The summed E-state index contributed by atoms with van der Waals surface area (Å²) in [4.78, 5) is 11.6. The molecule has 0 spiro atoms. The summed E-state index contributed by atoms with van der Waals surface area (Å²) in [6, 6.07) is 6.42. The minimum absolute atomic E-state index is 0.0213. The summed E-state index contributed by atoms with van der Waals surface area (Å²) >= 11 is 0. The molecule has 0 atom stereocenters. The quantitative estimate of drug-likeness (QED) is 0.763. The van der Waals surface area contributed by atoms with Crippen LogP contribution in [0.5, 0.6) is 0 Å². The Morgan fingerprint density at radius 2 is 2.00 bits per heavy atom. The van der Waals surface area contributed by atoms with Crippen LogP contribution in [0.3, 0.4) is 0 Å². The van der Waals surface area contributed by atoms with Gasteiger partial charge in [-0.2, -0.15) is 0 Å². The molecule has 18 heavy (non-hydrogen) atoms. The lowest BCUT2D eigenvalue weighted by molar-refractivity contribution is -0.116. The van der Waals surface area contributed by atoms with E-state index in [0.717, 1.165) is 17.6 Å². The zero-order valence-electron chi connectivity index (χ0n) is 10.7. The van der Waals surface area contributed by atoms with E-state index < -0.39 is 0 Å². The van der Waals surface area contributed by atoms with E-state index in [2.05, 4.69) is 13.8 Å². The average molecular weight is 244 g/mol. The van der Waals surface area contributed by atoms with Gasteiger partial charge in [-0.3, -0.25) is 4.79 Å². The highest BCUT2D eigenvalue weighted by Gasteiger charge is 2.26. The van der Waals surface area contributed by atoms with Gasteiger partial charge in [0.25, 0.3) is 0 Å². The van der Waals surface area contributed by atoms with E-state index in [-0.39, 0.29) is 17.0 Å². The van der Waals surface area contributed by atoms with Gasteiger partial charge in [-0.15, -0.1) is 0 Å². The van der Waals surface area contributed by atoms with Crippen LogP contribution in [-0.2, 0) is 4.79 Å². The highest BCUT2D eigenvalue weighted by Crippen LogP contribution is 2.34. The molecule has 0 radical (unpaired) electrons. The molecular formula is C16H17FO. The number of allylic oxidation sites excluding steroid dienone is 3. The van der Waals surface area contributed by atoms with Crippen molar-refractivity contribution >= 4 is 11.9 Å². The van der Waals surface area contributed by atoms with E-state index in [1.165, 1.54) is 12.1 Å². The van der Waals surface area contributed by atoms with Crippen LogP contribution in [0, 0.1) is 11.2 Å². The van der Waals surface area contributed by atoms with Gasteiger partial charge < -0.3 is 0 Å². The highest BCUT2D eigenvalue weighted by atomic mass is 19.1. The number of halogens is 1. The zero-order chi connectivity index (χ0) is 13.2. The van der Waals surface area contributed by atoms with E-state index in [4.69, 9.17) is 0 Å². The first-order chi connectivity index (χ1) is 8.44. The molecule has 0 heterocycles. The predicted octanol–water partition coefficient (Wildman–Crippen LogP) is 4.15. The molecule has 0 bridgehead atoms. The summed E-state index contributed by atoms with van der Waals surface area (Å²) in [6.07, 6.45) is 6.94. The van der Waals surface area contributed by atoms with Crippen molar-refractivity contribution in [2.75, 3.05) is 0 Å². The van der Waals surface area contributed by atoms with Gasteiger partial charge in [0.1, 0.15) is 5.82 Å². The fourth-order valence-electron chi connectivity index (χ4n) is 2.32. The van der Waals surface area contributed by atoms with Crippen molar-refractivity contribution in [3.05, 3.63) is 53.4 Å². The fourth-order valence-corrected chi connectivity index (χ4v) is 2.32. The number of hydrogen-bond donors (Lipinski definition) is 0. The summed E-state index contributed by atoms with van der Waals surface area (Å²) < 4.78 is 13.0. The van der Waals surface area contributed by atoms with Crippen molar-refractivity contribution in [1.29, 1.82) is 0 Å². The molecule has 0 N–H and O–H groups in total. The Balaban J connectivity index is 2.16. The molecule has 0 fully saturated rings. The third-order valence-corrected chi connectivity index (χ3v) is 3.02. The lowest BCUT2D eigenvalue weighted by atomic mass is 9.77. The maximum Gasteiger partial charge on any atom is 0.156 e. The molecule has 0 saturated heterocycles. The first-order valence-corrected chi connectivity index (χ1v) is 6.12. The van der Waals surface area contributed by atoms with Crippen LogP contribution in [0.15, 0.2) is 42.0 Å². The number of ketones is 1. The molecular weight excluding hydrogens is 227 g/mol. The predicted molar refractivity (Wildman–Crippen MR) is 71.5 cm³/mol. The Labute approximate surface area is 107 Å². The molecule has 94 valence electrons. The van der Waals surface area contributed by atoms with Gasteiger partial charge in [0.2, 0.25) is 0 Å². The molecule has 1 nitrogen and oxygen atoms in total. The van der Waals surface area contributed by atoms with Crippen LogP contribution in [0.25, 0.3) is 6.08 Å². The molecule has 1 aliphatic carbocycles. The molecule has 2 rings (SSSR count). The van der Waals surface area contributed by atoms with Gasteiger partial charge >= 0.3 is 0 Å². The fraction of sp³-hybridized carbons (Fsp3) is 0.312. The van der Waals surface area contributed by atoms with Crippen molar-refractivity contribution in [1.82, 2.24) is 0 Å². The van der Waals surface area contributed by atoms with Crippen LogP contribution in [0.1, 0.15) is 32.3 Å². The second-order valence-electron chi connectivity index (χ2n) is 5.59. The lowest BCUT2D eigenvalue weighted by Gasteiger charge is -2.27. The SMILES string of the molecule is CC1(C)CC(=O)C=C(/C=C/c2cccc(F)c2)C1. The monoisotopic (exact) mass is 244 g/mol. The minimum atomic E-state index is -0.244. The van der Waals surface area contributed by atoms with Crippen molar-refractivity contribution in [3.8, 4) is 0 Å². The van der Waals surface area contributed by atoms with Crippen molar-refractivity contribution in [3.63, 3.8) is 0 Å². The van der Waals surface area contributed by atoms with Gasteiger partial charge in [-0.1, -0.05) is 38.1 Å². The van der Waals surface area contributed by atoms with Gasteiger partial charge in [0.05, 0.1) is 0 Å². The van der Waals surface area contributed by atoms with Crippen LogP contribution in [0.4, 0.5) is 4.39 Å². The van der Waals surface area contributed by atoms with E-state index in [9.17, 15) is 9.18 Å². The van der Waals surface area contributed by atoms with Gasteiger partial charge in [0.15, 0.2) is 5.78 Å². The first kappa shape index (κ1) is 12.7. The topological polar surface area (TPSA) is 17.1 Å². The number of benzene rings is 1. The normalized spacial score (nSPS) is 19.1. The smallest absolute Gasteiger partial charge is 0.156 e. The second-order valence-corrected chi connectivity index (χ2v) is 5.59. The number of carbonyl (C=O) groups excluding carboxylic acids is 1. The molecule has 1 aromatic rings. The third-order valence-electron chi connectivity index (χ3n) is 3.02. The Hall–Kier alpha value is -1.70. The molecule has 1 aliphatic rings. The average Bonchev–Trinajstić information content (AvgIpc) is 2.24. The first-order valence-electron chi connectivity index (χ1n) is 6.12.